The van der Waals surface area contributed by atoms with Gasteiger partial charge in [-0.3, -0.25) is 0 Å². The topological polar surface area (TPSA) is 93.5 Å². The van der Waals surface area contributed by atoms with E-state index in [1.165, 1.54) is 0 Å². The molecule has 0 saturated heterocycles. The van der Waals surface area contributed by atoms with Gasteiger partial charge in [0.15, 0.2) is 0 Å². The molecule has 6 nitrogen and oxygen atoms in total. The number of benzene rings is 2. The van der Waals surface area contributed by atoms with Crippen molar-refractivity contribution in [2.75, 3.05) is 13.2 Å². The Kier molecular flexibility index (Phi) is 7.19. The molecule has 29 heavy (non-hydrogen) atoms. The van der Waals surface area contributed by atoms with E-state index in [1.54, 1.807) is 13.1 Å². The van der Waals surface area contributed by atoms with Gasteiger partial charge in [-0.15, -0.1) is 0 Å². The first kappa shape index (κ1) is 20.8. The second-order valence-corrected chi connectivity index (χ2v) is 6.92. The highest BCUT2D eigenvalue weighted by Gasteiger charge is 2.07. The van der Waals surface area contributed by atoms with Crippen LogP contribution < -0.4 is 10.5 Å². The molecule has 0 amide bonds. The number of aromatic nitrogens is 2. The molecule has 2 atom stereocenters. The quantitative estimate of drug-likeness (QED) is 0.520. The third-order valence-electron chi connectivity index (χ3n) is 4.53. The van der Waals surface area contributed by atoms with Crippen LogP contribution in [0.5, 0.6) is 5.75 Å². The molecular formula is C23H27N3O3. The molecule has 6 heteroatoms. The normalized spacial score (nSPS) is 13.5. The summed E-state index contributed by atoms with van der Waals surface area (Å²) >= 11 is 0. The Morgan fingerprint density at radius 3 is 2.38 bits per heavy atom. The first-order chi connectivity index (χ1) is 14.1. The van der Waals surface area contributed by atoms with Gasteiger partial charge in [0.25, 0.3) is 0 Å². The number of ether oxygens (including phenoxy) is 1. The Hall–Kier alpha value is -2.93. The van der Waals surface area contributed by atoms with Crippen LogP contribution in [-0.2, 0) is 6.54 Å². The first-order valence-electron chi connectivity index (χ1n) is 9.62. The molecule has 0 fully saturated rings. The fourth-order valence-corrected chi connectivity index (χ4v) is 2.93. The third kappa shape index (κ3) is 5.77. The fraction of sp³-hybridized carbons (Fsp3) is 0.261. The predicted molar refractivity (Wildman–Crippen MR) is 114 cm³/mol. The Morgan fingerprint density at radius 2 is 1.76 bits per heavy atom. The molecule has 3 aromatic rings. The van der Waals surface area contributed by atoms with Gasteiger partial charge >= 0.3 is 0 Å². The van der Waals surface area contributed by atoms with Crippen LogP contribution in [0.1, 0.15) is 24.4 Å². The maximum Gasteiger partial charge on any atom is 0.137 e. The van der Waals surface area contributed by atoms with E-state index in [1.807, 2.05) is 41.1 Å². The number of nitrogens with zero attached hydrogens (tertiary/aromatic N) is 2. The van der Waals surface area contributed by atoms with Crippen LogP contribution >= 0.6 is 0 Å². The Morgan fingerprint density at radius 1 is 1.10 bits per heavy atom. The van der Waals surface area contributed by atoms with Crippen LogP contribution in [0.3, 0.4) is 0 Å². The number of aliphatic hydroxyl groups excluding tert-OH is 2. The van der Waals surface area contributed by atoms with Crippen LogP contribution in [0.15, 0.2) is 67.0 Å². The molecule has 1 heterocycles. The summed E-state index contributed by atoms with van der Waals surface area (Å²) in [6.07, 6.45) is 7.08. The summed E-state index contributed by atoms with van der Waals surface area (Å²) in [7, 11) is 0. The highest BCUT2D eigenvalue weighted by atomic mass is 16.5. The summed E-state index contributed by atoms with van der Waals surface area (Å²) in [6, 6.07) is 15.7. The van der Waals surface area contributed by atoms with Crippen molar-refractivity contribution in [3.63, 3.8) is 0 Å². The highest BCUT2D eigenvalue weighted by molar-refractivity contribution is 5.66. The zero-order valence-corrected chi connectivity index (χ0v) is 16.5. The minimum absolute atomic E-state index is 0.0943. The van der Waals surface area contributed by atoms with E-state index in [9.17, 15) is 5.11 Å². The van der Waals surface area contributed by atoms with Gasteiger partial charge in [0.05, 0.1) is 12.6 Å². The molecule has 3 rings (SSSR count). The number of imidazole rings is 1. The van der Waals surface area contributed by atoms with Gasteiger partial charge in [-0.2, -0.15) is 0 Å². The molecule has 2 aromatic carbocycles. The SMILES string of the molecule is C[C@H](O)c1nccn1C/C=C/c1ccc(-c2ccc(OCC(N)CO)cc2)cc1. The van der Waals surface area contributed by atoms with E-state index < -0.39 is 6.10 Å². The lowest BCUT2D eigenvalue weighted by Crippen LogP contribution is -2.31. The lowest BCUT2D eigenvalue weighted by molar-refractivity contribution is 0.184. The summed E-state index contributed by atoms with van der Waals surface area (Å²) < 4.78 is 7.47. The second-order valence-electron chi connectivity index (χ2n) is 6.92. The van der Waals surface area contributed by atoms with Gasteiger partial charge in [0.2, 0.25) is 0 Å². The van der Waals surface area contributed by atoms with Crippen LogP contribution in [-0.4, -0.2) is 39.0 Å². The van der Waals surface area contributed by atoms with Crippen molar-refractivity contribution in [3.8, 4) is 16.9 Å². The maximum absolute atomic E-state index is 9.70. The molecule has 0 bridgehead atoms. The largest absolute Gasteiger partial charge is 0.492 e. The van der Waals surface area contributed by atoms with E-state index in [4.69, 9.17) is 15.6 Å². The summed E-state index contributed by atoms with van der Waals surface area (Å²) in [4.78, 5) is 4.17. The lowest BCUT2D eigenvalue weighted by atomic mass is 10.0. The molecule has 0 aliphatic heterocycles. The maximum atomic E-state index is 9.70. The number of rotatable bonds is 9. The fourth-order valence-electron chi connectivity index (χ4n) is 2.93. The van der Waals surface area contributed by atoms with Gasteiger partial charge in [0.1, 0.15) is 24.3 Å². The van der Waals surface area contributed by atoms with Crippen molar-refractivity contribution in [1.29, 1.82) is 0 Å². The van der Waals surface area contributed by atoms with Crippen molar-refractivity contribution in [3.05, 3.63) is 78.4 Å². The van der Waals surface area contributed by atoms with Crippen molar-refractivity contribution < 1.29 is 14.9 Å². The zero-order valence-electron chi connectivity index (χ0n) is 16.5. The molecular weight excluding hydrogens is 366 g/mol. The molecule has 1 aromatic heterocycles. The predicted octanol–water partition coefficient (Wildman–Crippen LogP) is 3.02. The molecule has 4 N–H and O–H groups in total. The summed E-state index contributed by atoms with van der Waals surface area (Å²) in [5, 5.41) is 18.6. The summed E-state index contributed by atoms with van der Waals surface area (Å²) in [5.74, 6) is 1.39. The molecule has 1 unspecified atom stereocenters. The number of hydrogen-bond donors (Lipinski definition) is 3. The average Bonchev–Trinajstić information content (AvgIpc) is 3.22. The smallest absolute Gasteiger partial charge is 0.137 e. The monoisotopic (exact) mass is 393 g/mol. The van der Waals surface area contributed by atoms with Crippen LogP contribution in [0, 0.1) is 0 Å². The van der Waals surface area contributed by atoms with Crippen LogP contribution in [0.25, 0.3) is 17.2 Å². The lowest BCUT2D eigenvalue weighted by Gasteiger charge is -2.11. The Labute approximate surface area is 170 Å². The zero-order chi connectivity index (χ0) is 20.6. The Balaban J connectivity index is 1.59. The molecule has 0 aliphatic rings. The first-order valence-corrected chi connectivity index (χ1v) is 9.62. The van der Waals surface area contributed by atoms with Crippen molar-refractivity contribution in [2.45, 2.75) is 25.6 Å². The van der Waals surface area contributed by atoms with E-state index in [0.29, 0.717) is 12.4 Å². The third-order valence-corrected chi connectivity index (χ3v) is 4.53. The van der Waals surface area contributed by atoms with Gasteiger partial charge in [-0.25, -0.2) is 4.98 Å². The van der Waals surface area contributed by atoms with Gasteiger partial charge < -0.3 is 25.3 Å². The minimum atomic E-state index is -0.583. The van der Waals surface area contributed by atoms with Crippen molar-refractivity contribution in [2.24, 2.45) is 5.73 Å². The summed E-state index contributed by atoms with van der Waals surface area (Å²) in [6.45, 7) is 2.56. The number of nitrogens with two attached hydrogens (primary N) is 1. The van der Waals surface area contributed by atoms with Gasteiger partial charge in [0, 0.05) is 18.9 Å². The van der Waals surface area contributed by atoms with E-state index >= 15 is 0 Å². The van der Waals surface area contributed by atoms with Crippen molar-refractivity contribution >= 4 is 6.08 Å². The van der Waals surface area contributed by atoms with E-state index in [-0.39, 0.29) is 19.3 Å². The Bertz CT molecular complexity index is 915. The van der Waals surface area contributed by atoms with Crippen LogP contribution in [0.2, 0.25) is 0 Å². The van der Waals surface area contributed by atoms with E-state index in [0.717, 1.165) is 22.4 Å². The molecule has 0 spiro atoms. The van der Waals surface area contributed by atoms with Gasteiger partial charge in [-0.05, 0) is 35.7 Å². The van der Waals surface area contributed by atoms with Gasteiger partial charge in [-0.1, -0.05) is 48.6 Å². The standard InChI is InChI=1S/C23H27N3O3/c1-17(28)23-25-12-14-26(23)13-2-3-18-4-6-19(7-5-18)20-8-10-22(11-9-20)29-16-21(24)15-27/h2-12,14,17,21,27-28H,13,15-16,24H2,1H3/b3-2+/t17-,21?/m0/s1. The molecule has 152 valence electrons. The number of hydrogen-bond acceptors (Lipinski definition) is 5. The van der Waals surface area contributed by atoms with E-state index in [2.05, 4.69) is 35.3 Å². The molecule has 0 aliphatic carbocycles. The minimum Gasteiger partial charge on any atom is -0.492 e. The highest BCUT2D eigenvalue weighted by Crippen LogP contribution is 2.23. The molecule has 0 radical (unpaired) electrons. The average molecular weight is 393 g/mol. The number of allylic oxidation sites excluding steroid dienone is 1. The summed E-state index contributed by atoms with van der Waals surface area (Å²) in [5.41, 5.74) is 8.96. The molecule has 0 saturated carbocycles. The number of aliphatic hydroxyl groups is 2. The second kappa shape index (κ2) is 10.0. The van der Waals surface area contributed by atoms with Crippen LogP contribution in [0.4, 0.5) is 0 Å². The van der Waals surface area contributed by atoms with Crippen molar-refractivity contribution in [1.82, 2.24) is 9.55 Å².